The third-order valence-corrected chi connectivity index (χ3v) is 10.9. The molecular formula is C39H76O8P2. The van der Waals surface area contributed by atoms with Crippen LogP contribution < -0.4 is 4.52 Å². The smallest absolute Gasteiger partial charge is 0.404 e. The Morgan fingerprint density at radius 3 is 1.69 bits per heavy atom. The van der Waals surface area contributed by atoms with Crippen molar-refractivity contribution in [2.24, 2.45) is 17.8 Å². The molecule has 1 rings (SSSR count). The summed E-state index contributed by atoms with van der Waals surface area (Å²) >= 11 is 0. The quantitative estimate of drug-likeness (QED) is 0.0527. The second kappa shape index (κ2) is 29.8. The Morgan fingerprint density at radius 2 is 1.16 bits per heavy atom. The van der Waals surface area contributed by atoms with Gasteiger partial charge in [-0.1, -0.05) is 163 Å². The molecule has 5 unspecified atom stereocenters. The van der Waals surface area contributed by atoms with Crippen molar-refractivity contribution in [1.29, 1.82) is 0 Å². The molecule has 0 heterocycles. The Balaban J connectivity index is 0.000000983. The minimum absolute atomic E-state index is 0.191. The molecule has 10 heteroatoms. The maximum absolute atomic E-state index is 12.2. The molecule has 0 aliphatic carbocycles. The Labute approximate surface area is 301 Å². The molecule has 0 aromatic heterocycles. The van der Waals surface area contributed by atoms with Crippen molar-refractivity contribution >= 4 is 15.6 Å². The fourth-order valence-corrected chi connectivity index (χ4v) is 7.74. The van der Waals surface area contributed by atoms with Gasteiger partial charge in [-0.2, -0.15) is 0 Å². The lowest BCUT2D eigenvalue weighted by molar-refractivity contribution is 0.0389. The summed E-state index contributed by atoms with van der Waals surface area (Å²) in [5.74, 6) is 1.11. The van der Waals surface area contributed by atoms with Crippen LogP contribution in [0.5, 0.6) is 5.75 Å². The van der Waals surface area contributed by atoms with Crippen molar-refractivity contribution in [2.45, 2.75) is 189 Å². The van der Waals surface area contributed by atoms with E-state index in [0.717, 1.165) is 70.6 Å². The van der Waals surface area contributed by atoms with Gasteiger partial charge >= 0.3 is 15.6 Å². The van der Waals surface area contributed by atoms with Gasteiger partial charge in [0.2, 0.25) is 0 Å². The first kappa shape index (κ1) is 48.3. The summed E-state index contributed by atoms with van der Waals surface area (Å²) in [6.07, 6.45) is 23.8. The third-order valence-electron chi connectivity index (χ3n) is 9.48. The average molecular weight is 735 g/mol. The number of rotatable bonds is 30. The SMILES string of the molecule is CCCCCCC(C)C(OP(=O)(O)O)C(CC)CCCC.CCCCCCCCCc1ccc(OP(=O)(O)OCC(CC)CCCC)cc1. The summed E-state index contributed by atoms with van der Waals surface area (Å²) in [7, 11) is -8.49. The number of aryl methyl sites for hydroxylation is 1. The van der Waals surface area contributed by atoms with Gasteiger partial charge in [-0.3, -0.25) is 13.9 Å². The highest BCUT2D eigenvalue weighted by atomic mass is 31.2. The molecule has 0 spiro atoms. The van der Waals surface area contributed by atoms with Crippen molar-refractivity contribution in [3.8, 4) is 5.75 Å². The van der Waals surface area contributed by atoms with E-state index in [1.54, 1.807) is 12.1 Å². The Morgan fingerprint density at radius 1 is 0.633 bits per heavy atom. The largest absolute Gasteiger partial charge is 0.527 e. The van der Waals surface area contributed by atoms with Crippen LogP contribution >= 0.6 is 15.6 Å². The van der Waals surface area contributed by atoms with E-state index in [0.29, 0.717) is 11.7 Å². The fourth-order valence-electron chi connectivity index (χ4n) is 6.20. The van der Waals surface area contributed by atoms with E-state index in [1.807, 2.05) is 12.1 Å². The van der Waals surface area contributed by atoms with Gasteiger partial charge in [0.25, 0.3) is 0 Å². The average Bonchev–Trinajstić information content (AvgIpc) is 3.06. The standard InChI is InChI=1S/C23H41O4P.C16H35O4P/c1-4-7-9-10-11-12-13-15-22-16-18-23(19-17-22)27-28(24,25)26-20-21(6-3)14-8-5-2;1-5-8-10-11-12-14(4)16(20-21(17,18)19)15(7-3)13-9-6-2/h16-19,21H,4-15,20H2,1-3H3,(H,24,25);14-16H,5-13H2,1-4H3,(H2,17,18,19). The highest BCUT2D eigenvalue weighted by Gasteiger charge is 2.32. The summed E-state index contributed by atoms with van der Waals surface area (Å²) in [5, 5.41) is 0. The highest BCUT2D eigenvalue weighted by molar-refractivity contribution is 7.47. The molecule has 0 amide bonds. The Bertz CT molecular complexity index is 984. The van der Waals surface area contributed by atoms with Crippen molar-refractivity contribution in [1.82, 2.24) is 0 Å². The topological polar surface area (TPSA) is 123 Å². The first-order valence-electron chi connectivity index (χ1n) is 19.9. The van der Waals surface area contributed by atoms with Gasteiger partial charge in [-0.25, -0.2) is 9.13 Å². The molecule has 0 aliphatic rings. The maximum atomic E-state index is 12.2. The van der Waals surface area contributed by atoms with Crippen LogP contribution in [0.2, 0.25) is 0 Å². The van der Waals surface area contributed by atoms with Crippen LogP contribution in [0.3, 0.4) is 0 Å². The lowest BCUT2D eigenvalue weighted by Crippen LogP contribution is -2.30. The maximum Gasteiger partial charge on any atom is 0.527 e. The molecule has 0 saturated heterocycles. The molecule has 3 N–H and O–H groups in total. The molecule has 0 fully saturated rings. The van der Waals surface area contributed by atoms with E-state index in [4.69, 9.17) is 13.6 Å². The molecule has 49 heavy (non-hydrogen) atoms. The first-order chi connectivity index (χ1) is 23.4. The van der Waals surface area contributed by atoms with E-state index < -0.39 is 15.6 Å². The van der Waals surface area contributed by atoms with Gasteiger partial charge in [0.15, 0.2) is 0 Å². The Hall–Kier alpha value is -0.720. The predicted octanol–water partition coefficient (Wildman–Crippen LogP) is 13.0. The van der Waals surface area contributed by atoms with Crippen LogP contribution in [0.15, 0.2) is 24.3 Å². The molecular weight excluding hydrogens is 658 g/mol. The molecule has 8 nitrogen and oxygen atoms in total. The van der Waals surface area contributed by atoms with Gasteiger partial charge in [-0.05, 0) is 67.6 Å². The zero-order chi connectivity index (χ0) is 37.0. The van der Waals surface area contributed by atoms with Crippen LogP contribution in [-0.2, 0) is 24.6 Å². The minimum atomic E-state index is -4.42. The van der Waals surface area contributed by atoms with Gasteiger partial charge in [0, 0.05) is 0 Å². The minimum Gasteiger partial charge on any atom is -0.404 e. The monoisotopic (exact) mass is 735 g/mol. The van der Waals surface area contributed by atoms with Crippen LogP contribution in [0.4, 0.5) is 0 Å². The van der Waals surface area contributed by atoms with Gasteiger partial charge < -0.3 is 14.3 Å². The summed E-state index contributed by atoms with van der Waals surface area (Å²) < 4.78 is 39.1. The van der Waals surface area contributed by atoms with Gasteiger partial charge in [-0.15, -0.1) is 0 Å². The molecule has 0 bridgehead atoms. The van der Waals surface area contributed by atoms with E-state index in [9.17, 15) is 23.8 Å². The molecule has 5 atom stereocenters. The fraction of sp³-hybridized carbons (Fsp3) is 0.846. The number of benzene rings is 1. The third kappa shape index (κ3) is 26.7. The normalized spacial score (nSPS) is 15.5. The van der Waals surface area contributed by atoms with Crippen LogP contribution in [0, 0.1) is 17.8 Å². The lowest BCUT2D eigenvalue weighted by atomic mass is 9.84. The first-order valence-corrected chi connectivity index (χ1v) is 22.9. The van der Waals surface area contributed by atoms with Gasteiger partial charge in [0.1, 0.15) is 5.75 Å². The zero-order valence-electron chi connectivity index (χ0n) is 32.5. The van der Waals surface area contributed by atoms with Gasteiger partial charge in [0.05, 0.1) is 12.7 Å². The number of unbranched alkanes of at least 4 members (excludes halogenated alkanes) is 11. The number of phosphoric ester groups is 2. The molecule has 1 aromatic carbocycles. The summed E-state index contributed by atoms with van der Waals surface area (Å²) in [6.45, 7) is 15.2. The second-order valence-corrected chi connectivity index (χ2v) is 16.6. The van der Waals surface area contributed by atoms with E-state index >= 15 is 0 Å². The van der Waals surface area contributed by atoms with Crippen molar-refractivity contribution < 1.29 is 37.4 Å². The second-order valence-electron chi connectivity index (χ2n) is 14.0. The van der Waals surface area contributed by atoms with Crippen molar-refractivity contribution in [2.75, 3.05) is 6.61 Å². The van der Waals surface area contributed by atoms with E-state index in [1.165, 1.54) is 69.8 Å². The molecule has 1 aromatic rings. The lowest BCUT2D eigenvalue weighted by Gasteiger charge is -2.31. The van der Waals surface area contributed by atoms with Crippen LogP contribution in [0.25, 0.3) is 0 Å². The number of hydrogen-bond acceptors (Lipinski definition) is 5. The molecule has 0 saturated carbocycles. The molecule has 0 aliphatic heterocycles. The summed E-state index contributed by atoms with van der Waals surface area (Å²) in [4.78, 5) is 28.4. The predicted molar refractivity (Wildman–Crippen MR) is 206 cm³/mol. The van der Waals surface area contributed by atoms with Crippen molar-refractivity contribution in [3.05, 3.63) is 29.8 Å². The van der Waals surface area contributed by atoms with Crippen LogP contribution in [0.1, 0.15) is 182 Å². The van der Waals surface area contributed by atoms with E-state index in [-0.39, 0.29) is 24.5 Å². The molecule has 290 valence electrons. The zero-order valence-corrected chi connectivity index (χ0v) is 34.2. The van der Waals surface area contributed by atoms with E-state index in [2.05, 4.69) is 48.5 Å². The highest BCUT2D eigenvalue weighted by Crippen LogP contribution is 2.45. The molecule has 0 radical (unpaired) electrons. The summed E-state index contributed by atoms with van der Waals surface area (Å²) in [5.41, 5.74) is 1.24. The number of phosphoric acid groups is 2. The number of hydrogen-bond donors (Lipinski definition) is 3. The summed E-state index contributed by atoms with van der Waals surface area (Å²) in [6, 6.07) is 7.47. The van der Waals surface area contributed by atoms with Crippen LogP contribution in [-0.4, -0.2) is 27.4 Å². The van der Waals surface area contributed by atoms with Crippen molar-refractivity contribution in [3.63, 3.8) is 0 Å². The Kier molecular flexibility index (Phi) is 29.4.